The number of rotatable bonds is 5. The maximum absolute atomic E-state index is 5.00. The summed E-state index contributed by atoms with van der Waals surface area (Å²) >= 11 is 0. The topological polar surface area (TPSA) is 26.0 Å². The molecule has 55 heavy (non-hydrogen) atoms. The van der Waals surface area contributed by atoms with Gasteiger partial charge in [-0.05, 0) is 112 Å². The molecule has 9 aromatic carbocycles. The molecule has 0 saturated heterocycles. The molecule has 0 aliphatic carbocycles. The van der Waals surface area contributed by atoms with E-state index in [-0.39, 0.29) is 0 Å². The lowest BCUT2D eigenvalue weighted by atomic mass is 9.91. The first-order valence-corrected chi connectivity index (χ1v) is 18.8. The van der Waals surface area contributed by atoms with Crippen molar-refractivity contribution < 1.29 is 0 Å². The third kappa shape index (κ3) is 4.31. The average Bonchev–Trinajstić information content (AvgIpc) is 3.77. The minimum Gasteiger partial charge on any atom is -0.310 e. The molecule has 12 aromatic rings. The summed E-state index contributed by atoms with van der Waals surface area (Å²) in [5, 5.41) is 11.1. The van der Waals surface area contributed by atoms with E-state index in [0.717, 1.165) is 39.5 Å². The SMILES string of the molecule is c1ccc(N(c2ccc3c(c2)c2ccccc2n3-c2ccccc2)c2ccc3ccc4c5c(ccc2c35)cc2c4c3ncccc3n2-c2ccccc2)cc1. The van der Waals surface area contributed by atoms with Crippen molar-refractivity contribution in [1.29, 1.82) is 0 Å². The molecular weight excluding hydrogens is 669 g/mol. The van der Waals surface area contributed by atoms with Crippen LogP contribution >= 0.6 is 0 Å². The summed E-state index contributed by atoms with van der Waals surface area (Å²) in [6, 6.07) is 68.2. The van der Waals surface area contributed by atoms with Crippen LogP contribution in [0.25, 0.3) is 87.4 Å². The van der Waals surface area contributed by atoms with Crippen LogP contribution in [0.2, 0.25) is 0 Å². The number of anilines is 3. The molecule has 3 heterocycles. The number of fused-ring (bicyclic) bond motifs is 7. The first-order chi connectivity index (χ1) is 27.3. The van der Waals surface area contributed by atoms with Crippen molar-refractivity contribution in [2.24, 2.45) is 0 Å². The Balaban J connectivity index is 1.14. The number of hydrogen-bond donors (Lipinski definition) is 0. The molecule has 256 valence electrons. The van der Waals surface area contributed by atoms with Crippen LogP contribution in [-0.4, -0.2) is 14.1 Å². The van der Waals surface area contributed by atoms with Crippen LogP contribution in [0.1, 0.15) is 0 Å². The fourth-order valence-corrected chi connectivity index (χ4v) is 9.18. The van der Waals surface area contributed by atoms with Crippen LogP contribution in [0.4, 0.5) is 17.1 Å². The number of pyridine rings is 1. The maximum atomic E-state index is 5.00. The second-order valence-electron chi connectivity index (χ2n) is 14.4. The molecule has 0 spiro atoms. The summed E-state index contributed by atoms with van der Waals surface area (Å²) in [6.07, 6.45) is 1.92. The standard InChI is InChI=1S/C51H32N4/c1-4-13-35(14-5-1)53(38-25-29-45-42(32-38)39-19-10-11-20-43(39)54(45)36-15-6-2-7-16-36)44-28-24-33-22-27-41-49-34(23-26-40(44)48(33)49)31-47-50(41)51-46(21-12-30-52-51)55(47)37-17-8-3-9-18-37/h1-32H. The summed E-state index contributed by atoms with van der Waals surface area (Å²) in [5.41, 5.74) is 11.3. The highest BCUT2D eigenvalue weighted by atomic mass is 15.1. The predicted molar refractivity (Wildman–Crippen MR) is 231 cm³/mol. The van der Waals surface area contributed by atoms with Gasteiger partial charge in [0.1, 0.15) is 0 Å². The number of hydrogen-bond acceptors (Lipinski definition) is 2. The molecule has 0 aliphatic rings. The van der Waals surface area contributed by atoms with E-state index in [1.54, 1.807) is 0 Å². The van der Waals surface area contributed by atoms with Crippen molar-refractivity contribution in [2.75, 3.05) is 4.90 Å². The van der Waals surface area contributed by atoms with Crippen LogP contribution in [0.15, 0.2) is 194 Å². The Morgan fingerprint density at radius 2 is 0.982 bits per heavy atom. The van der Waals surface area contributed by atoms with Crippen molar-refractivity contribution in [3.05, 3.63) is 194 Å². The van der Waals surface area contributed by atoms with E-state index in [1.807, 2.05) is 12.3 Å². The van der Waals surface area contributed by atoms with Gasteiger partial charge in [0.05, 0.1) is 33.3 Å². The number of benzene rings is 9. The largest absolute Gasteiger partial charge is 0.310 e. The molecule has 0 saturated carbocycles. The maximum Gasteiger partial charge on any atom is 0.0969 e. The van der Waals surface area contributed by atoms with Crippen LogP contribution in [0.3, 0.4) is 0 Å². The molecule has 0 N–H and O–H groups in total. The Kier molecular flexibility index (Phi) is 6.31. The van der Waals surface area contributed by atoms with E-state index in [0.29, 0.717) is 0 Å². The second kappa shape index (κ2) is 11.5. The summed E-state index contributed by atoms with van der Waals surface area (Å²) in [5.74, 6) is 0. The zero-order valence-electron chi connectivity index (χ0n) is 29.8. The van der Waals surface area contributed by atoms with Gasteiger partial charge >= 0.3 is 0 Å². The molecule has 12 rings (SSSR count). The van der Waals surface area contributed by atoms with Gasteiger partial charge in [0, 0.05) is 50.5 Å². The smallest absolute Gasteiger partial charge is 0.0969 e. The third-order valence-electron chi connectivity index (χ3n) is 11.4. The van der Waals surface area contributed by atoms with Crippen LogP contribution in [-0.2, 0) is 0 Å². The number of nitrogens with zero attached hydrogens (tertiary/aromatic N) is 4. The fraction of sp³-hybridized carbons (Fsp3) is 0. The minimum atomic E-state index is 1.02. The van der Waals surface area contributed by atoms with Gasteiger partial charge in [0.25, 0.3) is 0 Å². The highest BCUT2D eigenvalue weighted by Crippen LogP contribution is 2.47. The van der Waals surface area contributed by atoms with E-state index in [1.165, 1.54) is 65.0 Å². The van der Waals surface area contributed by atoms with Crippen LogP contribution < -0.4 is 4.90 Å². The molecule has 0 amide bonds. The fourth-order valence-electron chi connectivity index (χ4n) is 9.18. The van der Waals surface area contributed by atoms with Crippen molar-refractivity contribution in [1.82, 2.24) is 14.1 Å². The van der Waals surface area contributed by atoms with Crippen molar-refractivity contribution in [3.63, 3.8) is 0 Å². The number of para-hydroxylation sites is 4. The second-order valence-corrected chi connectivity index (χ2v) is 14.4. The zero-order chi connectivity index (χ0) is 36.0. The molecule has 0 atom stereocenters. The minimum absolute atomic E-state index is 1.02. The third-order valence-corrected chi connectivity index (χ3v) is 11.4. The molecule has 0 radical (unpaired) electrons. The van der Waals surface area contributed by atoms with E-state index in [9.17, 15) is 0 Å². The first-order valence-electron chi connectivity index (χ1n) is 18.8. The van der Waals surface area contributed by atoms with Gasteiger partial charge in [0.2, 0.25) is 0 Å². The van der Waals surface area contributed by atoms with E-state index in [4.69, 9.17) is 4.98 Å². The van der Waals surface area contributed by atoms with Crippen molar-refractivity contribution in [2.45, 2.75) is 0 Å². The Morgan fingerprint density at radius 1 is 0.364 bits per heavy atom. The monoisotopic (exact) mass is 700 g/mol. The van der Waals surface area contributed by atoms with Crippen LogP contribution in [0.5, 0.6) is 0 Å². The van der Waals surface area contributed by atoms with Crippen molar-refractivity contribution >= 4 is 93.1 Å². The van der Waals surface area contributed by atoms with E-state index >= 15 is 0 Å². The summed E-state index contributed by atoms with van der Waals surface area (Å²) < 4.78 is 4.74. The Hall–Kier alpha value is -7.43. The molecule has 0 aliphatic heterocycles. The van der Waals surface area contributed by atoms with E-state index < -0.39 is 0 Å². The molecule has 0 fully saturated rings. The summed E-state index contributed by atoms with van der Waals surface area (Å²) in [4.78, 5) is 7.43. The van der Waals surface area contributed by atoms with Gasteiger partial charge in [-0.3, -0.25) is 4.98 Å². The van der Waals surface area contributed by atoms with Gasteiger partial charge < -0.3 is 14.0 Å². The molecule has 0 bridgehead atoms. The molecule has 3 aromatic heterocycles. The summed E-state index contributed by atoms with van der Waals surface area (Å²) in [6.45, 7) is 0. The lowest BCUT2D eigenvalue weighted by Gasteiger charge is -2.28. The Morgan fingerprint density at radius 3 is 1.78 bits per heavy atom. The highest BCUT2D eigenvalue weighted by Gasteiger charge is 2.23. The van der Waals surface area contributed by atoms with Crippen molar-refractivity contribution in [3.8, 4) is 11.4 Å². The molecule has 4 heteroatoms. The van der Waals surface area contributed by atoms with Gasteiger partial charge in [-0.2, -0.15) is 0 Å². The first kappa shape index (κ1) is 30.1. The quantitative estimate of drug-likeness (QED) is 0.167. The Bertz CT molecular complexity index is 3420. The zero-order valence-corrected chi connectivity index (χ0v) is 29.8. The van der Waals surface area contributed by atoms with Gasteiger partial charge in [-0.1, -0.05) is 103 Å². The van der Waals surface area contributed by atoms with Gasteiger partial charge in [-0.25, -0.2) is 0 Å². The van der Waals surface area contributed by atoms with E-state index in [2.05, 4.69) is 196 Å². The normalized spacial score (nSPS) is 12.0. The Labute approximate surface area is 316 Å². The highest BCUT2D eigenvalue weighted by molar-refractivity contribution is 6.33. The summed E-state index contributed by atoms with van der Waals surface area (Å²) in [7, 11) is 0. The lowest BCUT2D eigenvalue weighted by Crippen LogP contribution is -2.10. The predicted octanol–water partition coefficient (Wildman–Crippen LogP) is 13.6. The molecule has 4 nitrogen and oxygen atoms in total. The molecule has 0 unspecified atom stereocenters. The van der Waals surface area contributed by atoms with Gasteiger partial charge in [-0.15, -0.1) is 0 Å². The average molecular weight is 701 g/mol. The molecular formula is C51H32N4. The lowest BCUT2D eigenvalue weighted by molar-refractivity contribution is 1.18. The number of aromatic nitrogens is 3. The van der Waals surface area contributed by atoms with Gasteiger partial charge in [0.15, 0.2) is 0 Å². The van der Waals surface area contributed by atoms with Crippen LogP contribution in [0, 0.1) is 0 Å².